The number of nitrogens with one attached hydrogen (secondary N) is 1. The van der Waals surface area contributed by atoms with Crippen molar-refractivity contribution in [3.8, 4) is 0 Å². The quantitative estimate of drug-likeness (QED) is 0.575. The maximum absolute atomic E-state index is 12.2. The monoisotopic (exact) mass is 295 g/mol. The minimum atomic E-state index is -1.38. The molecule has 2 heterocycles. The van der Waals surface area contributed by atoms with Crippen molar-refractivity contribution in [1.29, 1.82) is 0 Å². The molecule has 116 valence electrons. The number of aldehydes is 1. The summed E-state index contributed by atoms with van der Waals surface area (Å²) in [5, 5.41) is 13.5. The van der Waals surface area contributed by atoms with Gasteiger partial charge in [-0.25, -0.2) is 4.79 Å². The van der Waals surface area contributed by atoms with Gasteiger partial charge in [0.25, 0.3) is 0 Å². The topological polar surface area (TPSA) is 92.7 Å². The lowest BCUT2D eigenvalue weighted by Gasteiger charge is -2.54. The highest BCUT2D eigenvalue weighted by Gasteiger charge is 2.79. The van der Waals surface area contributed by atoms with E-state index in [4.69, 9.17) is 4.74 Å². The van der Waals surface area contributed by atoms with Crippen LogP contribution in [-0.2, 0) is 19.1 Å². The van der Waals surface area contributed by atoms with Gasteiger partial charge in [0.1, 0.15) is 6.29 Å². The van der Waals surface area contributed by atoms with Gasteiger partial charge in [-0.05, 0) is 25.7 Å². The molecule has 0 aromatic heterocycles. The van der Waals surface area contributed by atoms with Gasteiger partial charge >= 0.3 is 5.97 Å². The normalized spacial score (nSPS) is 40.8. The zero-order valence-corrected chi connectivity index (χ0v) is 12.1. The molecule has 6 heteroatoms. The summed E-state index contributed by atoms with van der Waals surface area (Å²) in [6.45, 7) is 1.65. The maximum Gasteiger partial charge on any atom is 0.339 e. The Bertz CT molecular complexity index is 486. The van der Waals surface area contributed by atoms with Crippen molar-refractivity contribution < 1.29 is 24.2 Å². The molecule has 3 fully saturated rings. The fourth-order valence-corrected chi connectivity index (χ4v) is 4.28. The first-order chi connectivity index (χ1) is 9.97. The van der Waals surface area contributed by atoms with Crippen LogP contribution in [0.2, 0.25) is 0 Å². The van der Waals surface area contributed by atoms with E-state index < -0.39 is 29.1 Å². The molecular weight excluding hydrogens is 274 g/mol. The van der Waals surface area contributed by atoms with E-state index in [-0.39, 0.29) is 18.2 Å². The molecule has 0 aromatic carbocycles. The molecule has 1 saturated carbocycles. The number of aliphatic hydroxyl groups is 1. The van der Waals surface area contributed by atoms with Crippen LogP contribution in [0, 0.1) is 11.8 Å². The molecular formula is C15H21NO5. The average Bonchev–Trinajstić information content (AvgIpc) is 2.65. The predicted octanol–water partition coefficient (Wildman–Crippen LogP) is 0.317. The molecule has 1 amide bonds. The van der Waals surface area contributed by atoms with E-state index in [1.807, 2.05) is 0 Å². The highest BCUT2D eigenvalue weighted by molar-refractivity contribution is 6.02. The third kappa shape index (κ3) is 1.71. The van der Waals surface area contributed by atoms with E-state index in [1.54, 1.807) is 6.92 Å². The average molecular weight is 295 g/mol. The van der Waals surface area contributed by atoms with Crippen molar-refractivity contribution >= 4 is 18.2 Å². The molecule has 0 unspecified atom stereocenters. The van der Waals surface area contributed by atoms with Crippen LogP contribution in [0.4, 0.5) is 0 Å². The lowest BCUT2D eigenvalue weighted by atomic mass is 9.64. The summed E-state index contributed by atoms with van der Waals surface area (Å²) in [5.41, 5.74) is -2.50. The number of hydrogen-bond acceptors (Lipinski definition) is 5. The van der Waals surface area contributed by atoms with Crippen molar-refractivity contribution in [2.45, 2.75) is 62.7 Å². The zero-order chi connectivity index (χ0) is 15.3. The number of carbonyl (C=O) groups is 3. The number of amides is 1. The van der Waals surface area contributed by atoms with Crippen LogP contribution in [0.5, 0.6) is 0 Å². The second-order valence-electron chi connectivity index (χ2n) is 6.59. The molecule has 0 radical (unpaired) electrons. The lowest BCUT2D eigenvalue weighted by Crippen LogP contribution is -2.80. The third-order valence-corrected chi connectivity index (χ3v) is 5.58. The van der Waals surface area contributed by atoms with Crippen LogP contribution in [0.3, 0.4) is 0 Å². The standard InChI is InChI=1S/C15H21NO5/c1-14-10(7-8-17)12(19)16-15(14,13(20)21-14)11(18)9-5-3-2-4-6-9/h8-11,18H,2-7H2,1H3,(H,16,19)/t10-,11-,14-,15-/m0/s1. The van der Waals surface area contributed by atoms with Gasteiger partial charge in [0.2, 0.25) is 11.4 Å². The highest BCUT2D eigenvalue weighted by atomic mass is 16.6. The minimum Gasteiger partial charge on any atom is -0.453 e. The first kappa shape index (κ1) is 14.5. The number of hydrogen-bond donors (Lipinski definition) is 2. The molecule has 0 spiro atoms. The summed E-state index contributed by atoms with van der Waals surface area (Å²) in [6, 6.07) is 0. The van der Waals surface area contributed by atoms with Crippen LogP contribution in [0.1, 0.15) is 45.4 Å². The number of carbonyl (C=O) groups excluding carboxylic acids is 3. The van der Waals surface area contributed by atoms with Gasteiger partial charge < -0.3 is 20.0 Å². The van der Waals surface area contributed by atoms with Crippen LogP contribution in [0.25, 0.3) is 0 Å². The first-order valence-electron chi connectivity index (χ1n) is 7.64. The number of rotatable bonds is 4. The Hall–Kier alpha value is -1.43. The van der Waals surface area contributed by atoms with Gasteiger partial charge in [0.15, 0.2) is 5.60 Å². The Morgan fingerprint density at radius 1 is 1.38 bits per heavy atom. The summed E-state index contributed by atoms with van der Waals surface area (Å²) in [7, 11) is 0. The lowest BCUT2D eigenvalue weighted by molar-refractivity contribution is -0.240. The Labute approximate surface area is 123 Å². The number of fused-ring (bicyclic) bond motifs is 1. The predicted molar refractivity (Wildman–Crippen MR) is 72.1 cm³/mol. The van der Waals surface area contributed by atoms with Gasteiger partial charge in [0, 0.05) is 6.42 Å². The second kappa shape index (κ2) is 4.80. The first-order valence-corrected chi connectivity index (χ1v) is 7.64. The van der Waals surface area contributed by atoms with Crippen LogP contribution < -0.4 is 5.32 Å². The summed E-state index contributed by atoms with van der Waals surface area (Å²) in [5.74, 6) is -1.69. The number of esters is 1. The fraction of sp³-hybridized carbons (Fsp3) is 0.800. The highest BCUT2D eigenvalue weighted by Crippen LogP contribution is 2.53. The number of ether oxygens (including phenoxy) is 1. The van der Waals surface area contributed by atoms with Gasteiger partial charge in [-0.3, -0.25) is 4.79 Å². The molecule has 2 saturated heterocycles. The van der Waals surface area contributed by atoms with E-state index in [0.717, 1.165) is 32.1 Å². The van der Waals surface area contributed by atoms with E-state index in [0.29, 0.717) is 6.29 Å². The molecule has 6 nitrogen and oxygen atoms in total. The van der Waals surface area contributed by atoms with E-state index in [1.165, 1.54) is 0 Å². The maximum atomic E-state index is 12.2. The van der Waals surface area contributed by atoms with Gasteiger partial charge in [0.05, 0.1) is 12.0 Å². The Kier molecular flexibility index (Phi) is 3.31. The van der Waals surface area contributed by atoms with Crippen LogP contribution in [0.15, 0.2) is 0 Å². The molecule has 2 N–H and O–H groups in total. The molecule has 1 aliphatic carbocycles. The summed E-state index contributed by atoms with van der Waals surface area (Å²) in [6.07, 6.45) is 4.58. The molecule has 3 aliphatic rings. The van der Waals surface area contributed by atoms with E-state index >= 15 is 0 Å². The van der Waals surface area contributed by atoms with Crippen molar-refractivity contribution in [3.63, 3.8) is 0 Å². The van der Waals surface area contributed by atoms with Crippen molar-refractivity contribution in [3.05, 3.63) is 0 Å². The molecule has 3 rings (SSSR count). The Morgan fingerprint density at radius 2 is 2.05 bits per heavy atom. The third-order valence-electron chi connectivity index (χ3n) is 5.58. The molecule has 4 atom stereocenters. The Balaban J connectivity index is 1.92. The van der Waals surface area contributed by atoms with E-state index in [2.05, 4.69) is 5.32 Å². The van der Waals surface area contributed by atoms with Crippen molar-refractivity contribution in [2.24, 2.45) is 11.8 Å². The molecule has 21 heavy (non-hydrogen) atoms. The Morgan fingerprint density at radius 3 is 2.62 bits per heavy atom. The zero-order valence-electron chi connectivity index (χ0n) is 12.1. The molecule has 2 aliphatic heterocycles. The summed E-state index contributed by atoms with van der Waals surface area (Å²) >= 11 is 0. The van der Waals surface area contributed by atoms with Crippen molar-refractivity contribution in [1.82, 2.24) is 5.32 Å². The fourth-order valence-electron chi connectivity index (χ4n) is 4.28. The summed E-state index contributed by atoms with van der Waals surface area (Å²) < 4.78 is 5.26. The van der Waals surface area contributed by atoms with Crippen LogP contribution >= 0.6 is 0 Å². The SMILES string of the molecule is C[C@@]12OC(=O)[C@]1([C@@H](O)C1CCCCC1)NC(=O)[C@@H]2CC=O. The molecule has 0 aromatic rings. The molecule has 0 bridgehead atoms. The summed E-state index contributed by atoms with van der Waals surface area (Å²) in [4.78, 5) is 35.1. The smallest absolute Gasteiger partial charge is 0.339 e. The van der Waals surface area contributed by atoms with E-state index in [9.17, 15) is 19.5 Å². The largest absolute Gasteiger partial charge is 0.453 e. The van der Waals surface area contributed by atoms with Gasteiger partial charge in [-0.15, -0.1) is 0 Å². The van der Waals surface area contributed by atoms with Crippen LogP contribution in [-0.4, -0.2) is 40.5 Å². The second-order valence-corrected chi connectivity index (χ2v) is 6.59. The van der Waals surface area contributed by atoms with Gasteiger partial charge in [-0.1, -0.05) is 19.3 Å². The van der Waals surface area contributed by atoms with Gasteiger partial charge in [-0.2, -0.15) is 0 Å². The number of aliphatic hydroxyl groups excluding tert-OH is 1. The van der Waals surface area contributed by atoms with Crippen molar-refractivity contribution in [2.75, 3.05) is 0 Å². The minimum absolute atomic E-state index is 0.00521.